The lowest BCUT2D eigenvalue weighted by Gasteiger charge is -1.99. The molecule has 0 aliphatic heterocycles. The first-order valence-corrected chi connectivity index (χ1v) is 6.85. The molecule has 21 heavy (non-hydrogen) atoms. The first kappa shape index (κ1) is 13.4. The van der Waals surface area contributed by atoms with E-state index in [1.54, 1.807) is 13.2 Å². The van der Waals surface area contributed by atoms with Crippen LogP contribution in [0.25, 0.3) is 10.2 Å². The van der Waals surface area contributed by atoms with Crippen LogP contribution in [0.4, 0.5) is 9.52 Å². The molecule has 2 heterocycles. The molecular weight excluding hydrogens is 293 g/mol. The van der Waals surface area contributed by atoms with Gasteiger partial charge in [0.25, 0.3) is 5.91 Å². The molecule has 106 valence electrons. The quantitative estimate of drug-likeness (QED) is 0.807. The topological polar surface area (TPSA) is 64.1 Å². The summed E-state index contributed by atoms with van der Waals surface area (Å²) in [7, 11) is 1.59. The summed E-state index contributed by atoms with van der Waals surface area (Å²) in [6.07, 6.45) is 0.998. The Hall–Kier alpha value is -2.54. The van der Waals surface area contributed by atoms with Crippen LogP contribution in [0, 0.1) is 5.82 Å². The Morgan fingerprint density at radius 3 is 2.90 bits per heavy atom. The number of carbonyl (C=O) groups is 1. The summed E-state index contributed by atoms with van der Waals surface area (Å²) in [6.45, 7) is 0. The number of nitrogens with one attached hydrogen (secondary N) is 1. The molecule has 0 aliphatic rings. The Balaban J connectivity index is 1.84. The molecule has 0 fully saturated rings. The maximum atomic E-state index is 12.8. The molecule has 1 aromatic carbocycles. The predicted molar refractivity (Wildman–Crippen MR) is 78.3 cm³/mol. The summed E-state index contributed by atoms with van der Waals surface area (Å²) in [5.74, 6) is -0.191. The fraction of sp³-hybridized carbons (Fsp3) is 0.0714. The van der Waals surface area contributed by atoms with Crippen molar-refractivity contribution >= 4 is 32.6 Å². The fourth-order valence-electron chi connectivity index (χ4n) is 1.76. The molecule has 1 N–H and O–H groups in total. The van der Waals surface area contributed by atoms with Crippen LogP contribution in [-0.4, -0.2) is 23.0 Å². The third-order valence-corrected chi connectivity index (χ3v) is 3.71. The van der Waals surface area contributed by atoms with Gasteiger partial charge in [0, 0.05) is 0 Å². The minimum atomic E-state index is -0.487. The summed E-state index contributed by atoms with van der Waals surface area (Å²) in [5, 5.41) is 3.10. The number of halogens is 1. The highest BCUT2D eigenvalue weighted by Crippen LogP contribution is 2.29. The monoisotopic (exact) mass is 303 g/mol. The molecule has 3 aromatic rings. The number of amides is 1. The van der Waals surface area contributed by atoms with E-state index in [1.807, 2.05) is 12.1 Å². The number of methoxy groups -OCH3 is 1. The number of rotatable bonds is 3. The minimum absolute atomic E-state index is 0.133. The molecule has 0 atom stereocenters. The van der Waals surface area contributed by atoms with Crippen LogP contribution in [0.1, 0.15) is 10.5 Å². The average Bonchev–Trinajstić information content (AvgIpc) is 2.88. The van der Waals surface area contributed by atoms with Crippen molar-refractivity contribution in [3.8, 4) is 5.75 Å². The van der Waals surface area contributed by atoms with Gasteiger partial charge < -0.3 is 4.74 Å². The number of hydrogen-bond acceptors (Lipinski definition) is 5. The summed E-state index contributed by atoms with van der Waals surface area (Å²) in [5.41, 5.74) is 0.899. The van der Waals surface area contributed by atoms with Crippen molar-refractivity contribution in [3.63, 3.8) is 0 Å². The molecule has 3 rings (SSSR count). The number of benzene rings is 1. The van der Waals surface area contributed by atoms with Crippen molar-refractivity contribution < 1.29 is 13.9 Å². The van der Waals surface area contributed by atoms with Gasteiger partial charge in [-0.15, -0.1) is 0 Å². The third-order valence-electron chi connectivity index (χ3n) is 2.78. The van der Waals surface area contributed by atoms with Gasteiger partial charge in [0.05, 0.1) is 23.5 Å². The minimum Gasteiger partial charge on any atom is -0.497 e. The van der Waals surface area contributed by atoms with E-state index in [2.05, 4.69) is 15.3 Å². The first-order valence-electron chi connectivity index (χ1n) is 6.03. The molecule has 0 saturated heterocycles. The number of pyridine rings is 1. The third kappa shape index (κ3) is 2.82. The van der Waals surface area contributed by atoms with Crippen LogP contribution < -0.4 is 10.1 Å². The Bertz CT molecular complexity index is 802. The van der Waals surface area contributed by atoms with Crippen LogP contribution in [-0.2, 0) is 0 Å². The SMILES string of the molecule is COc1ccc2nc(NC(=O)c3ccc(F)cn3)sc2c1. The standard InChI is InChI=1S/C14H10FN3O2S/c1-20-9-3-5-10-12(6-9)21-14(17-10)18-13(19)11-4-2-8(15)7-16-11/h2-7H,1H3,(H,17,18,19). The molecule has 0 spiro atoms. The molecule has 5 nitrogen and oxygen atoms in total. The number of ether oxygens (including phenoxy) is 1. The Kier molecular flexibility index (Phi) is 3.49. The van der Waals surface area contributed by atoms with Gasteiger partial charge in [0.1, 0.15) is 17.3 Å². The molecule has 0 unspecified atom stereocenters. The van der Waals surface area contributed by atoms with E-state index in [9.17, 15) is 9.18 Å². The zero-order valence-electron chi connectivity index (χ0n) is 11.0. The molecule has 0 radical (unpaired) electrons. The highest BCUT2D eigenvalue weighted by Gasteiger charge is 2.11. The summed E-state index contributed by atoms with van der Waals surface area (Å²) < 4.78 is 18.8. The van der Waals surface area contributed by atoms with Gasteiger partial charge in [0.2, 0.25) is 0 Å². The van der Waals surface area contributed by atoms with Crippen LogP contribution in [0.15, 0.2) is 36.5 Å². The van der Waals surface area contributed by atoms with Crippen molar-refractivity contribution in [2.24, 2.45) is 0 Å². The van der Waals surface area contributed by atoms with E-state index in [-0.39, 0.29) is 5.69 Å². The van der Waals surface area contributed by atoms with Crippen molar-refractivity contribution in [3.05, 3.63) is 48.0 Å². The average molecular weight is 303 g/mol. The largest absolute Gasteiger partial charge is 0.497 e. The summed E-state index contributed by atoms with van der Waals surface area (Å²) >= 11 is 1.33. The highest BCUT2D eigenvalue weighted by molar-refractivity contribution is 7.22. The second kappa shape index (κ2) is 5.45. The van der Waals surface area contributed by atoms with Gasteiger partial charge in [-0.2, -0.15) is 0 Å². The Morgan fingerprint density at radius 1 is 1.33 bits per heavy atom. The van der Waals surface area contributed by atoms with Gasteiger partial charge in [-0.3, -0.25) is 10.1 Å². The van der Waals surface area contributed by atoms with Gasteiger partial charge in [0.15, 0.2) is 5.13 Å². The summed E-state index contributed by atoms with van der Waals surface area (Å²) in [6, 6.07) is 7.97. The normalized spacial score (nSPS) is 10.6. The predicted octanol–water partition coefficient (Wildman–Crippen LogP) is 3.09. The number of anilines is 1. The van der Waals surface area contributed by atoms with E-state index in [4.69, 9.17) is 4.74 Å². The maximum absolute atomic E-state index is 12.8. The van der Waals surface area contributed by atoms with Crippen molar-refractivity contribution in [1.82, 2.24) is 9.97 Å². The van der Waals surface area contributed by atoms with Crippen LogP contribution >= 0.6 is 11.3 Å². The molecule has 0 bridgehead atoms. The molecule has 2 aromatic heterocycles. The van der Waals surface area contributed by atoms with E-state index in [1.165, 1.54) is 23.5 Å². The second-order valence-corrected chi connectivity index (χ2v) is 5.20. The lowest BCUT2D eigenvalue weighted by Crippen LogP contribution is -2.13. The summed E-state index contributed by atoms with van der Waals surface area (Å²) in [4.78, 5) is 20.0. The van der Waals surface area contributed by atoms with E-state index in [0.717, 1.165) is 22.2 Å². The van der Waals surface area contributed by atoms with Gasteiger partial charge in [-0.1, -0.05) is 11.3 Å². The van der Waals surface area contributed by atoms with Crippen molar-refractivity contribution in [1.29, 1.82) is 0 Å². The maximum Gasteiger partial charge on any atom is 0.276 e. The number of nitrogens with zero attached hydrogens (tertiary/aromatic N) is 2. The van der Waals surface area contributed by atoms with E-state index in [0.29, 0.717) is 5.13 Å². The van der Waals surface area contributed by atoms with Gasteiger partial charge >= 0.3 is 0 Å². The Labute approximate surface area is 123 Å². The van der Waals surface area contributed by atoms with Crippen molar-refractivity contribution in [2.75, 3.05) is 12.4 Å². The molecule has 0 aliphatic carbocycles. The number of carbonyl (C=O) groups excluding carboxylic acids is 1. The van der Waals surface area contributed by atoms with Crippen LogP contribution in [0.2, 0.25) is 0 Å². The fourth-order valence-corrected chi connectivity index (χ4v) is 2.65. The molecule has 1 amide bonds. The van der Waals surface area contributed by atoms with Crippen molar-refractivity contribution in [2.45, 2.75) is 0 Å². The number of fused-ring (bicyclic) bond motifs is 1. The van der Waals surface area contributed by atoms with Crippen LogP contribution in [0.5, 0.6) is 5.75 Å². The molecular formula is C14H10FN3O2S. The zero-order chi connectivity index (χ0) is 14.8. The van der Waals surface area contributed by atoms with Gasteiger partial charge in [-0.25, -0.2) is 14.4 Å². The number of hydrogen-bond donors (Lipinski definition) is 1. The second-order valence-electron chi connectivity index (χ2n) is 4.17. The Morgan fingerprint density at radius 2 is 2.19 bits per heavy atom. The highest BCUT2D eigenvalue weighted by atomic mass is 32.1. The lowest BCUT2D eigenvalue weighted by molar-refractivity contribution is 0.102. The van der Waals surface area contributed by atoms with Crippen LogP contribution in [0.3, 0.4) is 0 Å². The smallest absolute Gasteiger partial charge is 0.276 e. The number of aromatic nitrogens is 2. The van der Waals surface area contributed by atoms with E-state index >= 15 is 0 Å². The van der Waals surface area contributed by atoms with Gasteiger partial charge in [-0.05, 0) is 30.3 Å². The number of thiazole rings is 1. The molecule has 7 heteroatoms. The lowest BCUT2D eigenvalue weighted by atomic mass is 10.3. The van der Waals surface area contributed by atoms with E-state index < -0.39 is 11.7 Å². The molecule has 0 saturated carbocycles. The first-order chi connectivity index (χ1) is 10.2. The zero-order valence-corrected chi connectivity index (χ0v) is 11.8.